The van der Waals surface area contributed by atoms with Crippen molar-refractivity contribution in [3.8, 4) is 0 Å². The van der Waals surface area contributed by atoms with Crippen LogP contribution in [0.4, 0.5) is 13.2 Å². The van der Waals surface area contributed by atoms with Crippen LogP contribution in [0, 0.1) is 0 Å². The molecule has 0 aliphatic carbocycles. The number of carbonyl (C=O) groups excluding carboxylic acids is 1. The highest BCUT2D eigenvalue weighted by molar-refractivity contribution is 5.84. The molecule has 0 amide bonds. The highest BCUT2D eigenvalue weighted by Crippen LogP contribution is 2.35. The van der Waals surface area contributed by atoms with Crippen LogP contribution in [0.1, 0.15) is 29.2 Å². The quantitative estimate of drug-likeness (QED) is 0.908. The lowest BCUT2D eigenvalue weighted by Crippen LogP contribution is -2.18. The first-order valence-electron chi connectivity index (χ1n) is 6.80. The highest BCUT2D eigenvalue weighted by Gasteiger charge is 2.35. The van der Waals surface area contributed by atoms with E-state index in [1.807, 2.05) is 30.3 Å². The Labute approximate surface area is 126 Å². The molecule has 0 bridgehead atoms. The Bertz CT molecular complexity index is 636. The summed E-state index contributed by atoms with van der Waals surface area (Å²) in [5, 5.41) is 9.96. The van der Waals surface area contributed by atoms with E-state index < -0.39 is 29.2 Å². The van der Waals surface area contributed by atoms with Crippen LogP contribution >= 0.6 is 0 Å². The van der Waals surface area contributed by atoms with Gasteiger partial charge in [-0.1, -0.05) is 48.5 Å². The van der Waals surface area contributed by atoms with Gasteiger partial charge in [0.1, 0.15) is 6.10 Å². The molecule has 0 saturated heterocycles. The Morgan fingerprint density at radius 1 is 1.00 bits per heavy atom. The molecular weight excluding hydrogens is 293 g/mol. The molecule has 0 radical (unpaired) electrons. The van der Waals surface area contributed by atoms with Crippen molar-refractivity contribution in [1.29, 1.82) is 0 Å². The van der Waals surface area contributed by atoms with Gasteiger partial charge in [0, 0.05) is 12.0 Å². The second-order valence-corrected chi connectivity index (χ2v) is 4.94. The molecule has 0 aliphatic rings. The normalized spacial score (nSPS) is 12.9. The van der Waals surface area contributed by atoms with E-state index in [-0.39, 0.29) is 6.42 Å². The van der Waals surface area contributed by atoms with Crippen molar-refractivity contribution >= 4 is 5.78 Å². The lowest BCUT2D eigenvalue weighted by Gasteiger charge is -2.16. The highest BCUT2D eigenvalue weighted by atomic mass is 19.4. The number of aliphatic hydroxyl groups excluding tert-OH is 1. The maximum absolute atomic E-state index is 12.9. The summed E-state index contributed by atoms with van der Waals surface area (Å²) in [5.41, 5.74) is -0.476. The van der Waals surface area contributed by atoms with Crippen molar-refractivity contribution < 1.29 is 23.1 Å². The number of ketones is 1. The minimum Gasteiger partial charge on any atom is -0.381 e. The van der Waals surface area contributed by atoms with Gasteiger partial charge in [-0.05, 0) is 18.1 Å². The molecule has 2 aromatic rings. The van der Waals surface area contributed by atoms with Crippen molar-refractivity contribution in [3.05, 3.63) is 71.3 Å². The Kier molecular flexibility index (Phi) is 4.98. The van der Waals surface area contributed by atoms with Gasteiger partial charge in [-0.3, -0.25) is 4.79 Å². The fourth-order valence-electron chi connectivity index (χ4n) is 2.22. The van der Waals surface area contributed by atoms with E-state index in [1.54, 1.807) is 0 Å². The third-order valence-corrected chi connectivity index (χ3v) is 3.37. The SMILES string of the molecule is O=C(CCc1ccccc1)C(O)c1ccccc1C(F)(F)F. The number of rotatable bonds is 5. The maximum atomic E-state index is 12.9. The molecule has 0 saturated carbocycles. The smallest absolute Gasteiger partial charge is 0.381 e. The van der Waals surface area contributed by atoms with Crippen LogP contribution in [0.3, 0.4) is 0 Å². The molecular formula is C17H15F3O2. The zero-order valence-corrected chi connectivity index (χ0v) is 11.7. The van der Waals surface area contributed by atoms with Gasteiger partial charge < -0.3 is 5.11 Å². The number of Topliss-reactive ketones (excluding diaryl/α,β-unsaturated/α-hetero) is 1. The van der Waals surface area contributed by atoms with Crippen LogP contribution in [-0.2, 0) is 17.4 Å². The van der Waals surface area contributed by atoms with Crippen molar-refractivity contribution in [2.75, 3.05) is 0 Å². The third-order valence-electron chi connectivity index (χ3n) is 3.37. The van der Waals surface area contributed by atoms with Crippen molar-refractivity contribution in [3.63, 3.8) is 0 Å². The molecule has 1 atom stereocenters. The summed E-state index contributed by atoms with van der Waals surface area (Å²) in [7, 11) is 0. The predicted octanol–water partition coefficient (Wildman–Crippen LogP) is 3.94. The Morgan fingerprint density at radius 2 is 1.59 bits per heavy atom. The average Bonchev–Trinajstić information content (AvgIpc) is 2.52. The lowest BCUT2D eigenvalue weighted by atomic mass is 9.96. The molecule has 5 heteroatoms. The Morgan fingerprint density at radius 3 is 2.23 bits per heavy atom. The standard InChI is InChI=1S/C17H15F3O2/c18-17(19,20)14-9-5-4-8-13(14)16(22)15(21)11-10-12-6-2-1-3-7-12/h1-9,16,22H,10-11H2. The summed E-state index contributed by atoms with van der Waals surface area (Å²) in [6.45, 7) is 0. The molecule has 116 valence electrons. The molecule has 0 heterocycles. The molecule has 0 spiro atoms. The summed E-state index contributed by atoms with van der Waals surface area (Å²) in [5.74, 6) is -0.624. The molecule has 0 aliphatic heterocycles. The Balaban J connectivity index is 2.11. The minimum absolute atomic E-state index is 0.0165. The molecule has 1 unspecified atom stereocenters. The molecule has 2 rings (SSSR count). The van der Waals surface area contributed by atoms with Crippen LogP contribution < -0.4 is 0 Å². The monoisotopic (exact) mass is 308 g/mol. The van der Waals surface area contributed by atoms with E-state index >= 15 is 0 Å². The first kappa shape index (κ1) is 16.2. The van der Waals surface area contributed by atoms with E-state index in [4.69, 9.17) is 0 Å². The fraction of sp³-hybridized carbons (Fsp3) is 0.235. The number of halogens is 3. The van der Waals surface area contributed by atoms with Gasteiger partial charge in [-0.25, -0.2) is 0 Å². The van der Waals surface area contributed by atoms with Gasteiger partial charge in [0.2, 0.25) is 0 Å². The second kappa shape index (κ2) is 6.75. The van der Waals surface area contributed by atoms with Crippen molar-refractivity contribution in [2.45, 2.75) is 25.1 Å². The average molecular weight is 308 g/mol. The van der Waals surface area contributed by atoms with Gasteiger partial charge in [0.25, 0.3) is 0 Å². The fourth-order valence-corrected chi connectivity index (χ4v) is 2.22. The van der Waals surface area contributed by atoms with E-state index in [1.165, 1.54) is 12.1 Å². The summed E-state index contributed by atoms with van der Waals surface area (Å²) < 4.78 is 38.7. The van der Waals surface area contributed by atoms with E-state index in [2.05, 4.69) is 0 Å². The molecule has 1 N–H and O–H groups in total. The van der Waals surface area contributed by atoms with E-state index in [0.29, 0.717) is 6.42 Å². The number of hydrogen-bond acceptors (Lipinski definition) is 2. The van der Waals surface area contributed by atoms with Crippen LogP contribution in [0.5, 0.6) is 0 Å². The maximum Gasteiger partial charge on any atom is 0.416 e. The zero-order chi connectivity index (χ0) is 16.2. The molecule has 22 heavy (non-hydrogen) atoms. The van der Waals surface area contributed by atoms with E-state index in [9.17, 15) is 23.1 Å². The molecule has 2 aromatic carbocycles. The van der Waals surface area contributed by atoms with Gasteiger partial charge in [-0.15, -0.1) is 0 Å². The second-order valence-electron chi connectivity index (χ2n) is 4.94. The van der Waals surface area contributed by atoms with Gasteiger partial charge in [-0.2, -0.15) is 13.2 Å². The summed E-state index contributed by atoms with van der Waals surface area (Å²) >= 11 is 0. The molecule has 0 fully saturated rings. The van der Waals surface area contributed by atoms with Crippen molar-refractivity contribution in [1.82, 2.24) is 0 Å². The number of alkyl halides is 3. The summed E-state index contributed by atoms with van der Waals surface area (Å²) in [6.07, 6.45) is -6.00. The summed E-state index contributed by atoms with van der Waals surface area (Å²) in [6, 6.07) is 13.7. The third kappa shape index (κ3) is 3.95. The van der Waals surface area contributed by atoms with Gasteiger partial charge in [0.05, 0.1) is 5.56 Å². The largest absolute Gasteiger partial charge is 0.416 e. The van der Waals surface area contributed by atoms with E-state index in [0.717, 1.165) is 17.7 Å². The van der Waals surface area contributed by atoms with Crippen LogP contribution in [-0.4, -0.2) is 10.9 Å². The lowest BCUT2D eigenvalue weighted by molar-refractivity contribution is -0.140. The topological polar surface area (TPSA) is 37.3 Å². The molecule has 2 nitrogen and oxygen atoms in total. The van der Waals surface area contributed by atoms with Crippen LogP contribution in [0.15, 0.2) is 54.6 Å². The number of aryl methyl sites for hydroxylation is 1. The molecule has 0 aromatic heterocycles. The number of aliphatic hydroxyl groups is 1. The number of carbonyl (C=O) groups is 1. The number of hydrogen-bond donors (Lipinski definition) is 1. The first-order chi connectivity index (χ1) is 10.4. The predicted molar refractivity (Wildman–Crippen MR) is 76.2 cm³/mol. The van der Waals surface area contributed by atoms with Crippen LogP contribution in [0.25, 0.3) is 0 Å². The van der Waals surface area contributed by atoms with Gasteiger partial charge >= 0.3 is 6.18 Å². The zero-order valence-electron chi connectivity index (χ0n) is 11.7. The Hall–Kier alpha value is -2.14. The first-order valence-corrected chi connectivity index (χ1v) is 6.80. The van der Waals surface area contributed by atoms with Crippen LogP contribution in [0.2, 0.25) is 0 Å². The summed E-state index contributed by atoms with van der Waals surface area (Å²) in [4.78, 5) is 12.0. The van der Waals surface area contributed by atoms with Gasteiger partial charge in [0.15, 0.2) is 5.78 Å². The minimum atomic E-state index is -4.60. The number of benzene rings is 2. The van der Waals surface area contributed by atoms with Crippen molar-refractivity contribution in [2.24, 2.45) is 0 Å².